The molecule has 68 valence electrons. The Kier molecular flexibility index (Phi) is 10.0. The quantitative estimate of drug-likeness (QED) is 0.451. The second-order valence-corrected chi connectivity index (χ2v) is 3.47. The fraction of sp³-hybridized carbons (Fsp3) is 1.00. The molecule has 0 saturated heterocycles. The van der Waals surface area contributed by atoms with Gasteiger partial charge in [-0.05, 0) is 0 Å². The highest BCUT2D eigenvalue weighted by atomic mass is 13.9. The zero-order chi connectivity index (χ0) is 8.36. The monoisotopic (exact) mass is 155 g/mol. The van der Waals surface area contributed by atoms with E-state index >= 15 is 0 Å². The molecule has 0 bridgehead atoms. The highest BCUT2D eigenvalue weighted by molar-refractivity contribution is 4.44. The van der Waals surface area contributed by atoms with Crippen LogP contribution in [0, 0.1) is 0 Å². The maximum absolute atomic E-state index is 2.27. The van der Waals surface area contributed by atoms with Crippen molar-refractivity contribution in [2.45, 2.75) is 71.6 Å². The first kappa shape index (κ1) is 11.0. The molecular weight excluding hydrogens is 131 g/mol. The van der Waals surface area contributed by atoms with E-state index in [0.717, 1.165) is 0 Å². The minimum absolute atomic E-state index is 1.37. The van der Waals surface area contributed by atoms with E-state index in [2.05, 4.69) is 13.8 Å². The lowest BCUT2D eigenvalue weighted by atomic mass is 10.0. The lowest BCUT2D eigenvalue weighted by Gasteiger charge is -1.98. The maximum Gasteiger partial charge on any atom is -0.0533 e. The summed E-state index contributed by atoms with van der Waals surface area (Å²) in [5, 5.41) is 0. The van der Waals surface area contributed by atoms with Crippen molar-refractivity contribution in [2.24, 2.45) is 0 Å². The molecule has 11 heavy (non-hydrogen) atoms. The molecule has 0 aliphatic carbocycles. The van der Waals surface area contributed by atoms with Crippen LogP contribution in [0.25, 0.3) is 0 Å². The summed E-state index contributed by atoms with van der Waals surface area (Å²) in [6.45, 7) is 4.55. The van der Waals surface area contributed by atoms with Crippen molar-refractivity contribution >= 4 is 0 Å². The largest absolute Gasteiger partial charge is 0.0654 e. The third kappa shape index (κ3) is 10.0. The van der Waals surface area contributed by atoms with Gasteiger partial charge in [0.1, 0.15) is 0 Å². The van der Waals surface area contributed by atoms with Crippen LogP contribution < -0.4 is 0 Å². The van der Waals surface area contributed by atoms with Crippen LogP contribution in [0.3, 0.4) is 0 Å². The standard InChI is InChI=1S/C11H24/c1-3-5-7-9-11-10-8-6-4-2/h3-11H2,1-2H3/i1-1. The lowest BCUT2D eigenvalue weighted by Crippen LogP contribution is -1.79. The highest BCUT2D eigenvalue weighted by Crippen LogP contribution is 2.08. The molecule has 0 nitrogen and oxygen atoms in total. The van der Waals surface area contributed by atoms with E-state index in [1.807, 2.05) is 0 Å². The van der Waals surface area contributed by atoms with Crippen LogP contribution in [0.4, 0.5) is 0 Å². The Hall–Kier alpha value is 0. The summed E-state index contributed by atoms with van der Waals surface area (Å²) in [7, 11) is 0. The molecule has 0 unspecified atom stereocenters. The van der Waals surface area contributed by atoms with Gasteiger partial charge in [0.25, 0.3) is 0 Å². The van der Waals surface area contributed by atoms with Crippen molar-refractivity contribution in [1.29, 1.82) is 0 Å². The van der Waals surface area contributed by atoms with Crippen molar-refractivity contribution < 1.29 is 0 Å². The molecule has 0 aromatic carbocycles. The molecule has 0 radical (unpaired) electrons. The molecule has 0 heteroatoms. The Morgan fingerprint density at radius 2 is 0.727 bits per heavy atom. The molecule has 0 spiro atoms. The number of hydrogen-bond acceptors (Lipinski definition) is 0. The summed E-state index contributed by atoms with van der Waals surface area (Å²) in [6.07, 6.45) is 13.0. The summed E-state index contributed by atoms with van der Waals surface area (Å²) in [4.78, 5) is 0. The van der Waals surface area contributed by atoms with E-state index in [1.165, 1.54) is 57.8 Å². The minimum Gasteiger partial charge on any atom is -0.0654 e. The second-order valence-electron chi connectivity index (χ2n) is 3.47. The van der Waals surface area contributed by atoms with Gasteiger partial charge in [0.15, 0.2) is 0 Å². The predicted octanol–water partition coefficient (Wildman–Crippen LogP) is 4.54. The molecular formula is C11H24. The van der Waals surface area contributed by atoms with Gasteiger partial charge in [0.05, 0.1) is 0 Å². The van der Waals surface area contributed by atoms with E-state index in [-0.39, 0.29) is 0 Å². The molecule has 0 amide bonds. The Bertz CT molecular complexity index is 49.1. The van der Waals surface area contributed by atoms with Crippen LogP contribution in [0.1, 0.15) is 71.6 Å². The average Bonchev–Trinajstić information content (AvgIpc) is 2.03. The fourth-order valence-electron chi connectivity index (χ4n) is 1.38. The van der Waals surface area contributed by atoms with Gasteiger partial charge in [-0.3, -0.25) is 0 Å². The second kappa shape index (κ2) is 10.0. The van der Waals surface area contributed by atoms with Crippen molar-refractivity contribution in [3.8, 4) is 0 Å². The zero-order valence-corrected chi connectivity index (χ0v) is 8.36. The van der Waals surface area contributed by atoms with E-state index in [1.54, 1.807) is 0 Å². The molecule has 0 rings (SSSR count). The molecule has 0 heterocycles. The first-order chi connectivity index (χ1) is 5.41. The van der Waals surface area contributed by atoms with Crippen LogP contribution in [0.5, 0.6) is 0 Å². The third-order valence-electron chi connectivity index (χ3n) is 2.21. The normalized spacial score (nSPS) is 10.4. The van der Waals surface area contributed by atoms with Gasteiger partial charge in [0.2, 0.25) is 0 Å². The maximum atomic E-state index is 2.27. The van der Waals surface area contributed by atoms with Crippen LogP contribution in [-0.4, -0.2) is 0 Å². The van der Waals surface area contributed by atoms with Gasteiger partial charge in [-0.25, -0.2) is 0 Å². The average molecular weight is 155 g/mol. The van der Waals surface area contributed by atoms with E-state index in [4.69, 9.17) is 0 Å². The number of hydrogen-bond donors (Lipinski definition) is 0. The third-order valence-corrected chi connectivity index (χ3v) is 2.21. The Balaban J connectivity index is 2.69. The Morgan fingerprint density at radius 1 is 0.455 bits per heavy atom. The number of unbranched alkanes of at least 4 members (excludes halogenated alkanes) is 8. The van der Waals surface area contributed by atoms with Crippen molar-refractivity contribution in [2.75, 3.05) is 0 Å². The van der Waals surface area contributed by atoms with Crippen LogP contribution >= 0.6 is 0 Å². The van der Waals surface area contributed by atoms with Gasteiger partial charge in [-0.1, -0.05) is 71.6 Å². The molecule has 0 aliphatic heterocycles. The van der Waals surface area contributed by atoms with E-state index in [9.17, 15) is 0 Å². The van der Waals surface area contributed by atoms with Crippen molar-refractivity contribution in [3.05, 3.63) is 0 Å². The first-order valence-electron chi connectivity index (χ1n) is 5.41. The molecule has 0 aromatic heterocycles. The fourth-order valence-corrected chi connectivity index (χ4v) is 1.38. The Labute approximate surface area is 72.4 Å². The Morgan fingerprint density at radius 3 is 1.00 bits per heavy atom. The summed E-state index contributed by atoms with van der Waals surface area (Å²) >= 11 is 0. The molecule has 0 saturated carbocycles. The highest BCUT2D eigenvalue weighted by Gasteiger charge is 1.88. The molecule has 0 N–H and O–H groups in total. The molecule has 0 aromatic rings. The molecule has 0 aliphatic rings. The van der Waals surface area contributed by atoms with Gasteiger partial charge in [-0.15, -0.1) is 0 Å². The summed E-state index contributed by atoms with van der Waals surface area (Å²) in [5.74, 6) is 0. The predicted molar refractivity (Wildman–Crippen MR) is 52.9 cm³/mol. The topological polar surface area (TPSA) is 0 Å². The van der Waals surface area contributed by atoms with E-state index < -0.39 is 0 Å². The number of rotatable bonds is 8. The van der Waals surface area contributed by atoms with Crippen LogP contribution in [0.15, 0.2) is 0 Å². The van der Waals surface area contributed by atoms with Gasteiger partial charge in [0, 0.05) is 0 Å². The van der Waals surface area contributed by atoms with E-state index in [0.29, 0.717) is 0 Å². The summed E-state index contributed by atoms with van der Waals surface area (Å²) in [6, 6.07) is 0. The van der Waals surface area contributed by atoms with Crippen molar-refractivity contribution in [3.63, 3.8) is 0 Å². The SMILES string of the molecule is CCCCCCCCCC[11CH3]. The van der Waals surface area contributed by atoms with Gasteiger partial charge < -0.3 is 0 Å². The first-order valence-corrected chi connectivity index (χ1v) is 5.41. The summed E-state index contributed by atoms with van der Waals surface area (Å²) in [5.41, 5.74) is 0. The van der Waals surface area contributed by atoms with Crippen LogP contribution in [0.2, 0.25) is 0 Å². The minimum atomic E-state index is 1.37. The summed E-state index contributed by atoms with van der Waals surface area (Å²) < 4.78 is 0. The zero-order valence-electron chi connectivity index (χ0n) is 8.36. The molecule has 0 fully saturated rings. The van der Waals surface area contributed by atoms with Gasteiger partial charge >= 0.3 is 0 Å². The van der Waals surface area contributed by atoms with Crippen molar-refractivity contribution in [1.82, 2.24) is 0 Å². The molecule has 0 atom stereocenters. The lowest BCUT2D eigenvalue weighted by molar-refractivity contribution is 0.572. The van der Waals surface area contributed by atoms with Gasteiger partial charge in [-0.2, -0.15) is 0 Å². The smallest absolute Gasteiger partial charge is 0.0533 e. The van der Waals surface area contributed by atoms with Crippen LogP contribution in [-0.2, 0) is 0 Å².